The highest BCUT2D eigenvalue weighted by molar-refractivity contribution is 5.78. The predicted molar refractivity (Wildman–Crippen MR) is 81.0 cm³/mol. The number of rotatable bonds is 2. The van der Waals surface area contributed by atoms with E-state index in [1.54, 1.807) is 0 Å². The minimum absolute atomic E-state index is 0.103. The third-order valence-electron chi connectivity index (χ3n) is 4.80. The van der Waals surface area contributed by atoms with Gasteiger partial charge in [-0.3, -0.25) is 4.79 Å². The number of aryl methyl sites for hydroxylation is 1. The average Bonchev–Trinajstić information content (AvgIpc) is 2.75. The van der Waals surface area contributed by atoms with Gasteiger partial charge in [-0.1, -0.05) is 20.3 Å². The van der Waals surface area contributed by atoms with E-state index in [2.05, 4.69) is 14.8 Å². The van der Waals surface area contributed by atoms with Crippen LogP contribution in [0.1, 0.15) is 63.5 Å². The molecule has 0 unspecified atom stereocenters. The van der Waals surface area contributed by atoms with Crippen LogP contribution in [-0.2, 0) is 17.8 Å². The molecule has 0 saturated carbocycles. The Balaban J connectivity index is 1.67. The number of amides is 1. The molecule has 5 nitrogen and oxygen atoms in total. The topological polar surface area (TPSA) is 51.0 Å². The van der Waals surface area contributed by atoms with Gasteiger partial charge in [-0.05, 0) is 25.7 Å². The molecule has 116 valence electrons. The number of fused-ring (bicyclic) bond motifs is 1. The van der Waals surface area contributed by atoms with Crippen LogP contribution >= 0.6 is 0 Å². The first kappa shape index (κ1) is 14.5. The van der Waals surface area contributed by atoms with Crippen molar-refractivity contribution in [1.82, 2.24) is 19.7 Å². The molecule has 0 atom stereocenters. The molecule has 1 fully saturated rings. The second-order valence-corrected chi connectivity index (χ2v) is 6.69. The number of carbonyl (C=O) groups excluding carboxylic acids is 1. The monoisotopic (exact) mass is 290 g/mol. The maximum atomic E-state index is 12.1. The smallest absolute Gasteiger partial charge is 0.225 e. The van der Waals surface area contributed by atoms with Crippen molar-refractivity contribution in [2.24, 2.45) is 5.92 Å². The molecular formula is C16H26N4O. The number of aromatic nitrogens is 3. The van der Waals surface area contributed by atoms with E-state index in [1.807, 2.05) is 18.7 Å². The van der Waals surface area contributed by atoms with E-state index in [4.69, 9.17) is 0 Å². The number of hydrogen-bond acceptors (Lipinski definition) is 3. The summed E-state index contributed by atoms with van der Waals surface area (Å²) >= 11 is 0. The summed E-state index contributed by atoms with van der Waals surface area (Å²) < 4.78 is 2.36. The molecule has 2 aliphatic heterocycles. The predicted octanol–water partition coefficient (Wildman–Crippen LogP) is 2.37. The number of nitrogens with zero attached hydrogens (tertiary/aromatic N) is 4. The van der Waals surface area contributed by atoms with Gasteiger partial charge in [0, 0.05) is 37.9 Å². The quantitative estimate of drug-likeness (QED) is 0.840. The zero-order valence-corrected chi connectivity index (χ0v) is 13.2. The van der Waals surface area contributed by atoms with E-state index in [0.717, 1.165) is 38.9 Å². The van der Waals surface area contributed by atoms with Crippen molar-refractivity contribution in [1.29, 1.82) is 0 Å². The molecule has 0 bridgehead atoms. The Hall–Kier alpha value is -1.39. The van der Waals surface area contributed by atoms with Crippen LogP contribution in [0.5, 0.6) is 0 Å². The molecule has 5 heteroatoms. The SMILES string of the molecule is CC(C)C(=O)N1CCC(c2nnc3n2CCCCC3)CC1. The summed E-state index contributed by atoms with van der Waals surface area (Å²) in [5.41, 5.74) is 0. The van der Waals surface area contributed by atoms with Crippen LogP contribution in [0.3, 0.4) is 0 Å². The second kappa shape index (κ2) is 6.16. The van der Waals surface area contributed by atoms with Gasteiger partial charge < -0.3 is 9.47 Å². The van der Waals surface area contributed by atoms with Gasteiger partial charge in [0.15, 0.2) is 0 Å². The van der Waals surface area contributed by atoms with Crippen LogP contribution in [0, 0.1) is 5.92 Å². The molecule has 2 aliphatic rings. The standard InChI is InChI=1S/C16H26N4O/c1-12(2)16(21)19-10-7-13(8-11-19)15-18-17-14-6-4-3-5-9-20(14)15/h12-13H,3-11H2,1-2H3. The molecule has 0 aromatic carbocycles. The molecular weight excluding hydrogens is 264 g/mol. The van der Waals surface area contributed by atoms with E-state index < -0.39 is 0 Å². The molecule has 1 saturated heterocycles. The Morgan fingerprint density at radius 3 is 2.57 bits per heavy atom. The summed E-state index contributed by atoms with van der Waals surface area (Å²) in [5, 5.41) is 8.88. The summed E-state index contributed by atoms with van der Waals surface area (Å²) in [6.45, 7) is 6.76. The van der Waals surface area contributed by atoms with Crippen LogP contribution < -0.4 is 0 Å². The largest absolute Gasteiger partial charge is 0.342 e. The van der Waals surface area contributed by atoms with Crippen LogP contribution in [0.2, 0.25) is 0 Å². The molecule has 3 heterocycles. The summed E-state index contributed by atoms with van der Waals surface area (Å²) in [7, 11) is 0. The van der Waals surface area contributed by atoms with Gasteiger partial charge in [-0.2, -0.15) is 0 Å². The molecule has 1 aromatic rings. The first-order valence-corrected chi connectivity index (χ1v) is 8.37. The molecule has 0 aliphatic carbocycles. The van der Waals surface area contributed by atoms with Crippen molar-refractivity contribution >= 4 is 5.91 Å². The Morgan fingerprint density at radius 1 is 1.10 bits per heavy atom. The third-order valence-corrected chi connectivity index (χ3v) is 4.80. The van der Waals surface area contributed by atoms with Gasteiger partial charge in [0.25, 0.3) is 0 Å². The molecule has 21 heavy (non-hydrogen) atoms. The maximum absolute atomic E-state index is 12.1. The van der Waals surface area contributed by atoms with Gasteiger partial charge in [-0.15, -0.1) is 10.2 Å². The van der Waals surface area contributed by atoms with E-state index in [1.165, 1.54) is 30.9 Å². The average molecular weight is 290 g/mol. The minimum Gasteiger partial charge on any atom is -0.342 e. The summed E-state index contributed by atoms with van der Waals surface area (Å²) in [5.74, 6) is 3.20. The van der Waals surface area contributed by atoms with Gasteiger partial charge in [0.2, 0.25) is 5.91 Å². The van der Waals surface area contributed by atoms with Crippen molar-refractivity contribution in [3.8, 4) is 0 Å². The lowest BCUT2D eigenvalue weighted by atomic mass is 9.95. The summed E-state index contributed by atoms with van der Waals surface area (Å²) in [4.78, 5) is 14.1. The highest BCUT2D eigenvalue weighted by atomic mass is 16.2. The first-order valence-electron chi connectivity index (χ1n) is 8.37. The van der Waals surface area contributed by atoms with Crippen molar-refractivity contribution in [3.63, 3.8) is 0 Å². The van der Waals surface area contributed by atoms with E-state index >= 15 is 0 Å². The molecule has 1 aromatic heterocycles. The number of hydrogen-bond donors (Lipinski definition) is 0. The Morgan fingerprint density at radius 2 is 1.86 bits per heavy atom. The summed E-state index contributed by atoms with van der Waals surface area (Å²) in [6.07, 6.45) is 6.89. The number of piperidine rings is 1. The summed E-state index contributed by atoms with van der Waals surface area (Å²) in [6, 6.07) is 0. The van der Waals surface area contributed by atoms with E-state index in [0.29, 0.717) is 5.92 Å². The Labute approximate surface area is 126 Å². The van der Waals surface area contributed by atoms with E-state index in [9.17, 15) is 4.79 Å². The number of likely N-dealkylation sites (tertiary alicyclic amines) is 1. The first-order chi connectivity index (χ1) is 10.2. The van der Waals surface area contributed by atoms with Crippen molar-refractivity contribution < 1.29 is 4.79 Å². The molecule has 1 amide bonds. The van der Waals surface area contributed by atoms with Crippen LogP contribution in [0.4, 0.5) is 0 Å². The minimum atomic E-state index is 0.103. The highest BCUT2D eigenvalue weighted by Crippen LogP contribution is 2.29. The van der Waals surface area contributed by atoms with Gasteiger partial charge in [-0.25, -0.2) is 0 Å². The van der Waals surface area contributed by atoms with Gasteiger partial charge >= 0.3 is 0 Å². The Bertz CT molecular complexity index is 500. The molecule has 3 rings (SSSR count). The van der Waals surface area contributed by atoms with E-state index in [-0.39, 0.29) is 11.8 Å². The van der Waals surface area contributed by atoms with Crippen molar-refractivity contribution in [2.45, 2.75) is 64.8 Å². The lowest BCUT2D eigenvalue weighted by molar-refractivity contribution is -0.135. The van der Waals surface area contributed by atoms with Crippen molar-refractivity contribution in [3.05, 3.63) is 11.6 Å². The molecule has 0 N–H and O–H groups in total. The van der Waals surface area contributed by atoms with Gasteiger partial charge in [0.1, 0.15) is 11.6 Å². The van der Waals surface area contributed by atoms with Crippen LogP contribution in [-0.4, -0.2) is 38.7 Å². The van der Waals surface area contributed by atoms with Crippen LogP contribution in [0.15, 0.2) is 0 Å². The fourth-order valence-corrected chi connectivity index (χ4v) is 3.53. The second-order valence-electron chi connectivity index (χ2n) is 6.69. The van der Waals surface area contributed by atoms with Crippen molar-refractivity contribution in [2.75, 3.05) is 13.1 Å². The number of carbonyl (C=O) groups is 1. The van der Waals surface area contributed by atoms with Crippen LogP contribution in [0.25, 0.3) is 0 Å². The normalized spacial score (nSPS) is 20.4. The third kappa shape index (κ3) is 2.97. The Kier molecular flexibility index (Phi) is 4.27. The highest BCUT2D eigenvalue weighted by Gasteiger charge is 2.29. The maximum Gasteiger partial charge on any atom is 0.225 e. The molecule has 0 spiro atoms. The lowest BCUT2D eigenvalue weighted by Gasteiger charge is -2.32. The van der Waals surface area contributed by atoms with Gasteiger partial charge in [0.05, 0.1) is 0 Å². The zero-order chi connectivity index (χ0) is 14.8. The lowest BCUT2D eigenvalue weighted by Crippen LogP contribution is -2.40. The fourth-order valence-electron chi connectivity index (χ4n) is 3.53. The molecule has 0 radical (unpaired) electrons. The zero-order valence-electron chi connectivity index (χ0n) is 13.2. The fraction of sp³-hybridized carbons (Fsp3) is 0.812.